The highest BCUT2D eigenvalue weighted by Gasteiger charge is 2.23. The van der Waals surface area contributed by atoms with E-state index in [1.807, 2.05) is 42.5 Å². The minimum atomic E-state index is -0.272. The molecule has 136 valence electrons. The minimum absolute atomic E-state index is 0.126. The first-order valence-corrected chi connectivity index (χ1v) is 8.98. The molecule has 2 heterocycles. The Bertz CT molecular complexity index is 738. The first kappa shape index (κ1) is 17.9. The number of amides is 2. The SMILES string of the molecule is CCc1ccc(NC(=O)CC(=O)N2CCN(c3ccccn3)CC2)cc1. The smallest absolute Gasteiger partial charge is 0.233 e. The summed E-state index contributed by atoms with van der Waals surface area (Å²) in [6, 6.07) is 13.5. The molecule has 0 saturated carbocycles. The fourth-order valence-corrected chi connectivity index (χ4v) is 3.00. The lowest BCUT2D eigenvalue weighted by Gasteiger charge is -2.35. The van der Waals surface area contributed by atoms with Crippen molar-refractivity contribution in [2.24, 2.45) is 0 Å². The maximum absolute atomic E-state index is 12.4. The largest absolute Gasteiger partial charge is 0.353 e. The monoisotopic (exact) mass is 352 g/mol. The van der Waals surface area contributed by atoms with Crippen LogP contribution in [-0.2, 0) is 16.0 Å². The summed E-state index contributed by atoms with van der Waals surface area (Å²) in [5.74, 6) is 0.521. The van der Waals surface area contributed by atoms with Crippen LogP contribution in [0.15, 0.2) is 48.7 Å². The summed E-state index contributed by atoms with van der Waals surface area (Å²) in [5, 5.41) is 2.79. The van der Waals surface area contributed by atoms with E-state index in [4.69, 9.17) is 0 Å². The second kappa shape index (κ2) is 8.47. The third kappa shape index (κ3) is 4.59. The second-order valence-electron chi connectivity index (χ2n) is 6.33. The summed E-state index contributed by atoms with van der Waals surface area (Å²) in [6.07, 6.45) is 2.60. The molecule has 2 aromatic rings. The van der Waals surface area contributed by atoms with Gasteiger partial charge in [-0.25, -0.2) is 4.98 Å². The fraction of sp³-hybridized carbons (Fsp3) is 0.350. The lowest BCUT2D eigenvalue weighted by Crippen LogP contribution is -2.49. The molecule has 3 rings (SSSR count). The predicted molar refractivity (Wildman–Crippen MR) is 102 cm³/mol. The molecule has 2 amide bonds. The van der Waals surface area contributed by atoms with E-state index in [1.54, 1.807) is 11.1 Å². The number of piperazine rings is 1. The van der Waals surface area contributed by atoms with Crippen LogP contribution in [0.3, 0.4) is 0 Å². The molecule has 1 fully saturated rings. The van der Waals surface area contributed by atoms with Crippen LogP contribution in [0.2, 0.25) is 0 Å². The van der Waals surface area contributed by atoms with E-state index in [-0.39, 0.29) is 18.2 Å². The molecule has 1 aliphatic heterocycles. The Hall–Kier alpha value is -2.89. The molecule has 6 heteroatoms. The average molecular weight is 352 g/mol. The summed E-state index contributed by atoms with van der Waals surface area (Å²) in [6.45, 7) is 4.74. The Morgan fingerprint density at radius 2 is 1.77 bits per heavy atom. The highest BCUT2D eigenvalue weighted by molar-refractivity contribution is 6.03. The van der Waals surface area contributed by atoms with Crippen molar-refractivity contribution in [1.82, 2.24) is 9.88 Å². The van der Waals surface area contributed by atoms with Gasteiger partial charge in [0.05, 0.1) is 0 Å². The van der Waals surface area contributed by atoms with Crippen LogP contribution < -0.4 is 10.2 Å². The molecule has 1 saturated heterocycles. The number of carbonyl (C=O) groups is 2. The number of pyridine rings is 1. The zero-order chi connectivity index (χ0) is 18.4. The zero-order valence-electron chi connectivity index (χ0n) is 15.0. The number of benzene rings is 1. The molecule has 0 aliphatic carbocycles. The van der Waals surface area contributed by atoms with Crippen LogP contribution >= 0.6 is 0 Å². The number of hydrogen-bond acceptors (Lipinski definition) is 4. The number of hydrogen-bond donors (Lipinski definition) is 1. The first-order valence-electron chi connectivity index (χ1n) is 8.98. The molecule has 1 aliphatic rings. The van der Waals surface area contributed by atoms with Gasteiger partial charge in [0.2, 0.25) is 11.8 Å². The summed E-state index contributed by atoms with van der Waals surface area (Å²) < 4.78 is 0. The van der Waals surface area contributed by atoms with Crippen LogP contribution in [0.5, 0.6) is 0 Å². The number of aromatic nitrogens is 1. The van der Waals surface area contributed by atoms with Gasteiger partial charge in [0, 0.05) is 38.1 Å². The normalized spacial score (nSPS) is 14.2. The number of rotatable bonds is 5. The van der Waals surface area contributed by atoms with Crippen molar-refractivity contribution in [2.45, 2.75) is 19.8 Å². The minimum Gasteiger partial charge on any atom is -0.353 e. The third-order valence-corrected chi connectivity index (χ3v) is 4.56. The average Bonchev–Trinajstić information content (AvgIpc) is 2.69. The summed E-state index contributed by atoms with van der Waals surface area (Å²) >= 11 is 0. The van der Waals surface area contributed by atoms with E-state index in [2.05, 4.69) is 22.1 Å². The summed E-state index contributed by atoms with van der Waals surface area (Å²) in [7, 11) is 0. The summed E-state index contributed by atoms with van der Waals surface area (Å²) in [5.41, 5.74) is 1.94. The molecule has 1 N–H and O–H groups in total. The maximum Gasteiger partial charge on any atom is 0.233 e. The van der Waals surface area contributed by atoms with E-state index in [0.717, 1.165) is 31.0 Å². The number of carbonyl (C=O) groups excluding carboxylic acids is 2. The molecule has 0 bridgehead atoms. The van der Waals surface area contributed by atoms with Gasteiger partial charge in [-0.1, -0.05) is 25.1 Å². The highest BCUT2D eigenvalue weighted by Crippen LogP contribution is 2.14. The van der Waals surface area contributed by atoms with Crippen molar-refractivity contribution in [3.05, 3.63) is 54.2 Å². The Kier molecular flexibility index (Phi) is 5.84. The Morgan fingerprint density at radius 3 is 2.38 bits per heavy atom. The van der Waals surface area contributed by atoms with Gasteiger partial charge in [-0.05, 0) is 36.2 Å². The molecular formula is C20H24N4O2. The molecule has 0 radical (unpaired) electrons. The number of nitrogens with zero attached hydrogens (tertiary/aromatic N) is 3. The van der Waals surface area contributed by atoms with Crippen LogP contribution in [0.1, 0.15) is 18.9 Å². The van der Waals surface area contributed by atoms with Gasteiger partial charge in [0.15, 0.2) is 0 Å². The van der Waals surface area contributed by atoms with Gasteiger partial charge in [0.25, 0.3) is 0 Å². The van der Waals surface area contributed by atoms with Crippen molar-refractivity contribution < 1.29 is 9.59 Å². The number of anilines is 2. The van der Waals surface area contributed by atoms with E-state index >= 15 is 0 Å². The maximum atomic E-state index is 12.4. The van der Waals surface area contributed by atoms with Crippen LogP contribution in [0.4, 0.5) is 11.5 Å². The zero-order valence-corrected chi connectivity index (χ0v) is 15.0. The predicted octanol–water partition coefficient (Wildman–Crippen LogP) is 2.32. The van der Waals surface area contributed by atoms with Gasteiger partial charge in [-0.3, -0.25) is 9.59 Å². The number of nitrogens with one attached hydrogen (secondary N) is 1. The Morgan fingerprint density at radius 1 is 1.04 bits per heavy atom. The van der Waals surface area contributed by atoms with E-state index < -0.39 is 0 Å². The van der Waals surface area contributed by atoms with Crippen molar-refractivity contribution in [3.8, 4) is 0 Å². The van der Waals surface area contributed by atoms with Gasteiger partial charge < -0.3 is 15.1 Å². The van der Waals surface area contributed by atoms with E-state index in [1.165, 1.54) is 5.56 Å². The molecule has 0 unspecified atom stereocenters. The molecule has 1 aromatic carbocycles. The molecule has 26 heavy (non-hydrogen) atoms. The quantitative estimate of drug-likeness (QED) is 0.839. The lowest BCUT2D eigenvalue weighted by molar-refractivity contribution is -0.134. The molecular weight excluding hydrogens is 328 g/mol. The topological polar surface area (TPSA) is 65.5 Å². The second-order valence-corrected chi connectivity index (χ2v) is 6.33. The lowest BCUT2D eigenvalue weighted by atomic mass is 10.1. The third-order valence-electron chi connectivity index (χ3n) is 4.56. The molecule has 1 aromatic heterocycles. The van der Waals surface area contributed by atoms with Crippen LogP contribution in [0.25, 0.3) is 0 Å². The van der Waals surface area contributed by atoms with Crippen molar-refractivity contribution in [2.75, 3.05) is 36.4 Å². The van der Waals surface area contributed by atoms with Crippen molar-refractivity contribution in [1.29, 1.82) is 0 Å². The Labute approximate surface area is 153 Å². The fourth-order valence-electron chi connectivity index (χ4n) is 3.00. The first-order chi connectivity index (χ1) is 12.7. The van der Waals surface area contributed by atoms with Crippen molar-refractivity contribution >= 4 is 23.3 Å². The van der Waals surface area contributed by atoms with E-state index in [9.17, 15) is 9.59 Å². The molecule has 0 spiro atoms. The van der Waals surface area contributed by atoms with Crippen LogP contribution in [-0.4, -0.2) is 47.9 Å². The van der Waals surface area contributed by atoms with Gasteiger partial charge >= 0.3 is 0 Å². The van der Waals surface area contributed by atoms with Gasteiger partial charge in [-0.15, -0.1) is 0 Å². The van der Waals surface area contributed by atoms with Crippen LogP contribution in [0, 0.1) is 0 Å². The van der Waals surface area contributed by atoms with Gasteiger partial charge in [-0.2, -0.15) is 0 Å². The highest BCUT2D eigenvalue weighted by atomic mass is 16.2. The molecule has 0 atom stereocenters. The number of aryl methyl sites for hydroxylation is 1. The van der Waals surface area contributed by atoms with E-state index in [0.29, 0.717) is 13.1 Å². The van der Waals surface area contributed by atoms with Crippen molar-refractivity contribution in [3.63, 3.8) is 0 Å². The Balaban J connectivity index is 1.47. The molecule has 6 nitrogen and oxygen atoms in total. The summed E-state index contributed by atoms with van der Waals surface area (Å²) in [4.78, 5) is 32.7. The van der Waals surface area contributed by atoms with Gasteiger partial charge in [0.1, 0.15) is 12.2 Å². The standard InChI is InChI=1S/C20H24N4O2/c1-2-16-6-8-17(9-7-16)22-19(25)15-20(26)24-13-11-23(12-14-24)18-5-3-4-10-21-18/h3-10H,2,11-15H2,1H3,(H,22,25).